The first-order chi connectivity index (χ1) is 22.3. The predicted octanol–water partition coefficient (Wildman–Crippen LogP) is 4.71. The van der Waals surface area contributed by atoms with E-state index in [1.165, 1.54) is 12.3 Å². The zero-order valence-electron chi connectivity index (χ0n) is 24.5. The average Bonchev–Trinajstić information content (AvgIpc) is 3.47. The van der Waals surface area contributed by atoms with Crippen LogP contribution < -0.4 is 20.1 Å². The van der Waals surface area contributed by atoms with Gasteiger partial charge in [0.25, 0.3) is 0 Å². The zero-order chi connectivity index (χ0) is 32.6. The number of aliphatic hydroxyl groups excluding tert-OH is 1. The van der Waals surface area contributed by atoms with Crippen LogP contribution in [0.3, 0.4) is 0 Å². The molecular formula is C34H30ClFN4O6. The fourth-order valence-electron chi connectivity index (χ4n) is 5.31. The molecule has 236 valence electrons. The van der Waals surface area contributed by atoms with Gasteiger partial charge in [0.1, 0.15) is 48.7 Å². The van der Waals surface area contributed by atoms with Crippen molar-refractivity contribution >= 4 is 23.5 Å². The van der Waals surface area contributed by atoms with Gasteiger partial charge in [0.2, 0.25) is 5.91 Å². The van der Waals surface area contributed by atoms with E-state index in [4.69, 9.17) is 26.2 Å². The smallest absolute Gasteiger partial charge is 0.322 e. The number of carboxylic acids is 1. The SMILES string of the molecule is N#Cc1cncc(COc2cc(O[C@H]3CCc4c(-c5ccccc5F)cccc43)c(Cl)cc2CN[C@@H](CO)C(=O)NCC(=O)O)c1. The van der Waals surface area contributed by atoms with E-state index in [0.717, 1.165) is 16.7 Å². The molecule has 1 aromatic heterocycles. The Hall–Kier alpha value is -5.02. The standard InChI is InChI=1S/C34H30ClFN4O6/c35-27-11-22(16-39-29(18-41)34(44)40-17-33(42)43)31(45-19-21-10-20(13-37)14-38-15-21)12-32(27)46-30-9-8-24-23(5-3-6-26(24)30)25-4-1-2-7-28(25)36/h1-7,10-12,14-15,29-30,39,41H,8-9,16-19H2,(H,40,44)(H,42,43)/t29-,30-/m0/s1. The minimum atomic E-state index is -1.22. The van der Waals surface area contributed by atoms with Crippen LogP contribution in [0.15, 0.2) is 73.1 Å². The van der Waals surface area contributed by atoms with Gasteiger partial charge in [-0.3, -0.25) is 19.9 Å². The number of hydrogen-bond donors (Lipinski definition) is 4. The van der Waals surface area contributed by atoms with E-state index in [-0.39, 0.29) is 30.1 Å². The number of ether oxygens (including phenoxy) is 2. The van der Waals surface area contributed by atoms with Gasteiger partial charge < -0.3 is 25.0 Å². The normalized spacial score (nSPS) is 14.2. The Balaban J connectivity index is 1.40. The third-order valence-corrected chi connectivity index (χ3v) is 7.83. The van der Waals surface area contributed by atoms with Gasteiger partial charge in [0, 0.05) is 41.7 Å². The fraction of sp³-hybridized carbons (Fsp3) is 0.235. The van der Waals surface area contributed by atoms with E-state index < -0.39 is 31.1 Å². The van der Waals surface area contributed by atoms with Crippen LogP contribution in [-0.2, 0) is 29.2 Å². The third kappa shape index (κ3) is 7.61. The number of aliphatic carboxylic acids is 1. The summed E-state index contributed by atoms with van der Waals surface area (Å²) < 4.78 is 27.2. The number of hydrogen-bond acceptors (Lipinski definition) is 8. The number of carbonyl (C=O) groups is 2. The molecule has 1 aliphatic rings. The number of fused-ring (bicyclic) bond motifs is 1. The number of amides is 1. The van der Waals surface area contributed by atoms with Crippen LogP contribution in [0.5, 0.6) is 11.5 Å². The second kappa shape index (κ2) is 14.8. The maximum absolute atomic E-state index is 14.7. The van der Waals surface area contributed by atoms with Crippen molar-refractivity contribution in [2.24, 2.45) is 0 Å². The Morgan fingerprint density at radius 3 is 2.67 bits per heavy atom. The first-order valence-electron chi connectivity index (χ1n) is 14.4. The molecule has 0 radical (unpaired) electrons. The highest BCUT2D eigenvalue weighted by Gasteiger charge is 2.28. The molecule has 46 heavy (non-hydrogen) atoms. The van der Waals surface area contributed by atoms with Gasteiger partial charge >= 0.3 is 5.97 Å². The number of rotatable bonds is 13. The Morgan fingerprint density at radius 2 is 1.91 bits per heavy atom. The number of pyridine rings is 1. The number of nitrogens with one attached hydrogen (secondary N) is 2. The molecular weight excluding hydrogens is 615 g/mol. The van der Waals surface area contributed by atoms with Crippen LogP contribution in [0.4, 0.5) is 4.39 Å². The number of aliphatic hydroxyl groups is 1. The second-order valence-electron chi connectivity index (χ2n) is 10.6. The summed E-state index contributed by atoms with van der Waals surface area (Å²) in [6.45, 7) is -1.10. The van der Waals surface area contributed by atoms with Crippen molar-refractivity contribution < 1.29 is 33.7 Å². The summed E-state index contributed by atoms with van der Waals surface area (Å²) in [7, 11) is 0. The maximum atomic E-state index is 14.7. The fourth-order valence-corrected chi connectivity index (χ4v) is 5.54. The molecule has 12 heteroatoms. The highest BCUT2D eigenvalue weighted by molar-refractivity contribution is 6.32. The van der Waals surface area contributed by atoms with Gasteiger partial charge in [-0.2, -0.15) is 5.26 Å². The topological polar surface area (TPSA) is 154 Å². The van der Waals surface area contributed by atoms with Crippen molar-refractivity contribution in [3.8, 4) is 28.7 Å². The number of halogens is 2. The summed E-state index contributed by atoms with van der Waals surface area (Å²) in [5.41, 5.74) is 4.82. The third-order valence-electron chi connectivity index (χ3n) is 7.53. The molecule has 0 bridgehead atoms. The Kier molecular flexibility index (Phi) is 10.4. The van der Waals surface area contributed by atoms with E-state index in [0.29, 0.717) is 46.6 Å². The van der Waals surface area contributed by atoms with E-state index in [1.54, 1.807) is 42.6 Å². The Morgan fingerprint density at radius 1 is 1.11 bits per heavy atom. The van der Waals surface area contributed by atoms with Gasteiger partial charge in [-0.15, -0.1) is 0 Å². The maximum Gasteiger partial charge on any atom is 0.322 e. The lowest BCUT2D eigenvalue weighted by atomic mass is 9.96. The number of carbonyl (C=O) groups excluding carboxylic acids is 1. The largest absolute Gasteiger partial charge is 0.488 e. The molecule has 2 atom stereocenters. The monoisotopic (exact) mass is 644 g/mol. The number of benzene rings is 3. The number of nitriles is 1. The van der Waals surface area contributed by atoms with Gasteiger partial charge in [-0.25, -0.2) is 4.39 Å². The Bertz CT molecular complexity index is 1800. The highest BCUT2D eigenvalue weighted by Crippen LogP contribution is 2.43. The summed E-state index contributed by atoms with van der Waals surface area (Å²) in [6, 6.07) is 18.2. The van der Waals surface area contributed by atoms with Crippen molar-refractivity contribution in [2.45, 2.75) is 38.1 Å². The van der Waals surface area contributed by atoms with E-state index in [9.17, 15) is 24.3 Å². The van der Waals surface area contributed by atoms with E-state index in [2.05, 4.69) is 15.6 Å². The number of aromatic nitrogens is 1. The van der Waals surface area contributed by atoms with Crippen LogP contribution in [-0.4, -0.2) is 46.3 Å². The van der Waals surface area contributed by atoms with Crippen LogP contribution >= 0.6 is 11.6 Å². The lowest BCUT2D eigenvalue weighted by molar-refractivity contribution is -0.138. The summed E-state index contributed by atoms with van der Waals surface area (Å²) >= 11 is 6.71. The lowest BCUT2D eigenvalue weighted by Crippen LogP contribution is -2.47. The molecule has 0 saturated carbocycles. The summed E-state index contributed by atoms with van der Waals surface area (Å²) in [5, 5.41) is 33.3. The van der Waals surface area contributed by atoms with Crippen LogP contribution in [0, 0.1) is 17.1 Å². The van der Waals surface area contributed by atoms with E-state index in [1.807, 2.05) is 24.3 Å². The predicted molar refractivity (Wildman–Crippen MR) is 167 cm³/mol. The molecule has 0 aliphatic heterocycles. The molecule has 10 nitrogen and oxygen atoms in total. The van der Waals surface area contributed by atoms with Gasteiger partial charge in [-0.05, 0) is 47.7 Å². The first-order valence-corrected chi connectivity index (χ1v) is 14.8. The molecule has 0 spiro atoms. The molecule has 0 fully saturated rings. The first kappa shape index (κ1) is 32.4. The van der Waals surface area contributed by atoms with E-state index >= 15 is 0 Å². The average molecular weight is 645 g/mol. The van der Waals surface area contributed by atoms with Crippen molar-refractivity contribution in [2.75, 3.05) is 13.2 Å². The summed E-state index contributed by atoms with van der Waals surface area (Å²) in [4.78, 5) is 27.3. The summed E-state index contributed by atoms with van der Waals surface area (Å²) in [6.07, 6.45) is 3.98. The zero-order valence-corrected chi connectivity index (χ0v) is 25.3. The van der Waals surface area contributed by atoms with Crippen molar-refractivity contribution in [1.82, 2.24) is 15.6 Å². The van der Waals surface area contributed by atoms with Crippen LogP contribution in [0.2, 0.25) is 5.02 Å². The molecule has 1 aliphatic carbocycles. The molecule has 1 amide bonds. The number of nitrogens with zero attached hydrogens (tertiary/aromatic N) is 2. The van der Waals surface area contributed by atoms with Crippen LogP contribution in [0.1, 0.15) is 40.3 Å². The molecule has 5 rings (SSSR count). The lowest BCUT2D eigenvalue weighted by Gasteiger charge is -2.21. The van der Waals surface area contributed by atoms with Crippen molar-refractivity contribution in [3.05, 3.63) is 112 Å². The second-order valence-corrected chi connectivity index (χ2v) is 11.0. The van der Waals surface area contributed by atoms with Gasteiger partial charge in [0.15, 0.2) is 0 Å². The van der Waals surface area contributed by atoms with Crippen molar-refractivity contribution in [1.29, 1.82) is 5.26 Å². The Labute approximate surface area is 269 Å². The van der Waals surface area contributed by atoms with Gasteiger partial charge in [0.05, 0.1) is 17.2 Å². The van der Waals surface area contributed by atoms with Gasteiger partial charge in [-0.1, -0.05) is 48.0 Å². The quantitative estimate of drug-likeness (QED) is 0.162. The highest BCUT2D eigenvalue weighted by atomic mass is 35.5. The minimum absolute atomic E-state index is 0.0236. The minimum Gasteiger partial charge on any atom is -0.488 e. The molecule has 4 aromatic rings. The molecule has 1 heterocycles. The summed E-state index contributed by atoms with van der Waals surface area (Å²) in [5.74, 6) is -1.50. The van der Waals surface area contributed by atoms with Crippen molar-refractivity contribution in [3.63, 3.8) is 0 Å². The number of carboxylic acid groups (broad SMARTS) is 1. The molecule has 4 N–H and O–H groups in total. The van der Waals surface area contributed by atoms with Crippen LogP contribution in [0.25, 0.3) is 11.1 Å². The molecule has 3 aromatic carbocycles. The molecule has 0 saturated heterocycles. The molecule has 0 unspecified atom stereocenters.